The van der Waals surface area contributed by atoms with Crippen LogP contribution in [0.1, 0.15) is 101 Å². The highest BCUT2D eigenvalue weighted by molar-refractivity contribution is 6.05. The van der Waals surface area contributed by atoms with Gasteiger partial charge >= 0.3 is 11.9 Å². The molecule has 0 aliphatic carbocycles. The maximum Gasteiger partial charge on any atom is 0.310 e. The van der Waals surface area contributed by atoms with E-state index in [2.05, 4.69) is 30.4 Å². The molecule has 3 aromatic rings. The van der Waals surface area contributed by atoms with Crippen molar-refractivity contribution in [1.29, 1.82) is 0 Å². The van der Waals surface area contributed by atoms with Crippen LogP contribution in [0.15, 0.2) is 30.9 Å². The summed E-state index contributed by atoms with van der Waals surface area (Å²) < 4.78 is 10.1. The van der Waals surface area contributed by atoms with E-state index in [-0.39, 0.29) is 36.2 Å². The smallest absolute Gasteiger partial charge is 0.310 e. The molecule has 8 bridgehead atoms. The lowest BCUT2D eigenvalue weighted by Crippen LogP contribution is -2.15. The zero-order valence-corrected chi connectivity index (χ0v) is 27.5. The second-order valence-corrected chi connectivity index (χ2v) is 11.9. The van der Waals surface area contributed by atoms with Crippen molar-refractivity contribution < 1.29 is 23.9 Å². The summed E-state index contributed by atoms with van der Waals surface area (Å²) in [6.07, 6.45) is 2.99. The average Bonchev–Trinajstić information content (AvgIpc) is 3.71. The van der Waals surface area contributed by atoms with Gasteiger partial charge in [0, 0.05) is 51.6 Å². The lowest BCUT2D eigenvalue weighted by atomic mass is 9.85. The number of aryl methyl sites for hydroxylation is 3. The standard InChI is InChI=1S/C36H41N5O5/c1-9-21-17(3)25-14-27-19(5)23(11-12-31(42)45-7)34(40-27)24(13-32(43)46-8)35-33(36(37)44)20(6)28(41-35)16-30-22(10-2)18(4)26(39-30)15-29(21)38-25/h9,14-16,19,23,39,41H,1,10-13H2,2-8H3,(H2,37,44). The van der Waals surface area contributed by atoms with Crippen molar-refractivity contribution in [3.63, 3.8) is 0 Å². The van der Waals surface area contributed by atoms with Crippen LogP contribution in [0.4, 0.5) is 0 Å². The van der Waals surface area contributed by atoms with Crippen molar-refractivity contribution in [3.8, 4) is 0 Å². The summed E-state index contributed by atoms with van der Waals surface area (Å²) in [7, 11) is 2.67. The summed E-state index contributed by atoms with van der Waals surface area (Å²) >= 11 is 0. The Morgan fingerprint density at radius 3 is 2.26 bits per heavy atom. The molecular weight excluding hydrogens is 582 g/mol. The zero-order valence-electron chi connectivity index (χ0n) is 27.5. The van der Waals surface area contributed by atoms with Crippen molar-refractivity contribution in [1.82, 2.24) is 19.9 Å². The molecular formula is C36H41N5O5. The van der Waals surface area contributed by atoms with Crippen LogP contribution in [0.5, 0.6) is 0 Å². The third-order valence-corrected chi connectivity index (χ3v) is 9.42. The van der Waals surface area contributed by atoms with Crippen LogP contribution in [0.2, 0.25) is 0 Å². The number of carbonyl (C=O) groups is 3. The van der Waals surface area contributed by atoms with Gasteiger partial charge in [0.15, 0.2) is 0 Å². The van der Waals surface area contributed by atoms with E-state index in [9.17, 15) is 14.4 Å². The minimum absolute atomic E-state index is 0.149. The van der Waals surface area contributed by atoms with Gasteiger partial charge in [-0.2, -0.15) is 0 Å². The maximum absolute atomic E-state index is 13.1. The number of rotatable bonds is 8. The van der Waals surface area contributed by atoms with Gasteiger partial charge in [-0.1, -0.05) is 26.5 Å². The number of esters is 2. The lowest BCUT2D eigenvalue weighted by molar-refractivity contribution is -0.141. The number of aromatic nitrogens is 4. The Hall–Kier alpha value is -4.99. The fraction of sp³-hybridized carbons (Fsp3) is 0.361. The summed E-state index contributed by atoms with van der Waals surface area (Å²) in [5.74, 6) is -1.92. The maximum atomic E-state index is 13.1. The van der Waals surface area contributed by atoms with E-state index >= 15 is 0 Å². The van der Waals surface area contributed by atoms with Crippen molar-refractivity contribution in [3.05, 3.63) is 81.4 Å². The number of nitrogens with zero attached hydrogens (tertiary/aromatic N) is 2. The van der Waals surface area contributed by atoms with E-state index in [1.54, 1.807) is 0 Å². The van der Waals surface area contributed by atoms with Crippen LogP contribution >= 0.6 is 0 Å². The molecule has 1 amide bonds. The molecule has 0 fully saturated rings. The number of amides is 1. The highest BCUT2D eigenvalue weighted by Gasteiger charge is 2.34. The van der Waals surface area contributed by atoms with E-state index in [4.69, 9.17) is 25.2 Å². The molecule has 240 valence electrons. The van der Waals surface area contributed by atoms with Crippen molar-refractivity contribution in [2.24, 2.45) is 5.73 Å². The number of carbonyl (C=O) groups excluding carboxylic acids is 3. The molecule has 3 aromatic heterocycles. The number of hydrogen-bond donors (Lipinski definition) is 3. The predicted octanol–water partition coefficient (Wildman–Crippen LogP) is 6.27. The fourth-order valence-electron chi connectivity index (χ4n) is 6.73. The van der Waals surface area contributed by atoms with Gasteiger partial charge in [0.1, 0.15) is 0 Å². The first-order valence-electron chi connectivity index (χ1n) is 15.5. The van der Waals surface area contributed by atoms with E-state index in [0.29, 0.717) is 34.3 Å². The lowest BCUT2D eigenvalue weighted by Gasteiger charge is -2.17. The molecule has 0 radical (unpaired) electrons. The number of H-pyrrole nitrogens is 2. The molecule has 2 unspecified atom stereocenters. The first-order chi connectivity index (χ1) is 21.9. The molecule has 4 N–H and O–H groups in total. The third-order valence-electron chi connectivity index (χ3n) is 9.42. The molecule has 0 saturated carbocycles. The third kappa shape index (κ3) is 5.63. The largest absolute Gasteiger partial charge is 0.469 e. The minimum Gasteiger partial charge on any atom is -0.469 e. The van der Waals surface area contributed by atoms with Crippen LogP contribution in [0.3, 0.4) is 0 Å². The Kier molecular flexibility index (Phi) is 9.01. The zero-order chi connectivity index (χ0) is 33.4. The topological polar surface area (TPSA) is 153 Å². The summed E-state index contributed by atoms with van der Waals surface area (Å²) in [4.78, 5) is 55.5. The monoisotopic (exact) mass is 623 g/mol. The number of nitrogens with one attached hydrogen (secondary N) is 2. The van der Waals surface area contributed by atoms with Crippen molar-refractivity contribution >= 4 is 51.1 Å². The molecule has 5 heterocycles. The minimum atomic E-state index is -0.634. The molecule has 0 saturated heterocycles. The van der Waals surface area contributed by atoms with Crippen molar-refractivity contribution in [2.75, 3.05) is 14.2 Å². The first kappa shape index (κ1) is 32.4. The highest BCUT2D eigenvalue weighted by atomic mass is 16.5. The van der Waals surface area contributed by atoms with Gasteiger partial charge in [-0.15, -0.1) is 0 Å². The Morgan fingerprint density at radius 2 is 1.63 bits per heavy atom. The van der Waals surface area contributed by atoms with Crippen LogP contribution in [0.25, 0.3) is 33.2 Å². The molecule has 10 nitrogen and oxygen atoms in total. The summed E-state index contributed by atoms with van der Waals surface area (Å²) in [6, 6.07) is 5.97. The molecule has 0 spiro atoms. The normalized spacial score (nSPS) is 16.0. The van der Waals surface area contributed by atoms with E-state index in [1.807, 2.05) is 45.0 Å². The van der Waals surface area contributed by atoms with Crippen LogP contribution < -0.4 is 5.73 Å². The summed E-state index contributed by atoms with van der Waals surface area (Å²) in [5.41, 5.74) is 17.3. The van der Waals surface area contributed by atoms with E-state index in [1.165, 1.54) is 14.2 Å². The number of methoxy groups -OCH3 is 2. The summed E-state index contributed by atoms with van der Waals surface area (Å²) in [5, 5.41) is 0. The van der Waals surface area contributed by atoms with Gasteiger partial charge in [-0.05, 0) is 74.1 Å². The van der Waals surface area contributed by atoms with Crippen molar-refractivity contribution in [2.45, 2.75) is 72.1 Å². The Bertz CT molecular complexity index is 1980. The second kappa shape index (κ2) is 12.8. The Balaban J connectivity index is 2.02. The molecule has 10 heteroatoms. The fourth-order valence-corrected chi connectivity index (χ4v) is 6.73. The summed E-state index contributed by atoms with van der Waals surface area (Å²) in [6.45, 7) is 14.1. The van der Waals surface area contributed by atoms with E-state index in [0.717, 1.165) is 56.8 Å². The quantitative estimate of drug-likeness (QED) is 0.250. The number of fused-ring (bicyclic) bond motifs is 8. The van der Waals surface area contributed by atoms with Crippen LogP contribution in [-0.4, -0.2) is 52.0 Å². The number of hydrogen-bond acceptors (Lipinski definition) is 7. The number of ether oxygens (including phenoxy) is 2. The number of nitrogens with two attached hydrogens (primary N) is 1. The molecule has 2 aliphatic heterocycles. The second-order valence-electron chi connectivity index (χ2n) is 11.9. The molecule has 46 heavy (non-hydrogen) atoms. The van der Waals surface area contributed by atoms with Gasteiger partial charge in [0.2, 0.25) is 0 Å². The van der Waals surface area contributed by atoms with Gasteiger partial charge in [0.05, 0.1) is 48.8 Å². The molecule has 5 rings (SSSR count). The van der Waals surface area contributed by atoms with Gasteiger partial charge in [-0.3, -0.25) is 19.4 Å². The van der Waals surface area contributed by atoms with E-state index < -0.39 is 11.9 Å². The molecule has 0 aromatic carbocycles. The van der Waals surface area contributed by atoms with Gasteiger partial charge in [-0.25, -0.2) is 4.98 Å². The van der Waals surface area contributed by atoms with Gasteiger partial charge < -0.3 is 25.2 Å². The molecule has 2 atom stereocenters. The molecule has 2 aliphatic rings. The number of primary amides is 1. The predicted molar refractivity (Wildman–Crippen MR) is 179 cm³/mol. The first-order valence-corrected chi connectivity index (χ1v) is 15.5. The Labute approximate surface area is 268 Å². The van der Waals surface area contributed by atoms with Crippen LogP contribution in [0, 0.1) is 13.8 Å². The Morgan fingerprint density at radius 1 is 0.935 bits per heavy atom. The number of aromatic amines is 2. The average molecular weight is 624 g/mol. The SMILES string of the molecule is C=CC1=C(C)c2cc3nc(c(CC(=O)OC)c4[nH]c(cc5[nH]c(cc1n2)c(C)c5CC)c(C)c4C(N)=O)C(CCC(=O)OC)C3C. The van der Waals surface area contributed by atoms with Crippen LogP contribution in [-0.2, 0) is 31.9 Å². The highest BCUT2D eigenvalue weighted by Crippen LogP contribution is 2.43. The van der Waals surface area contributed by atoms with Gasteiger partial charge in [0.25, 0.3) is 5.91 Å². The number of allylic oxidation sites excluding steroid dienone is 3.